The monoisotopic (exact) mass is 200 g/mol. The van der Waals surface area contributed by atoms with Crippen LogP contribution in [0.4, 0.5) is 4.39 Å². The number of benzene rings is 1. The van der Waals surface area contributed by atoms with E-state index in [2.05, 4.69) is 0 Å². The van der Waals surface area contributed by atoms with Crippen LogP contribution in [-0.4, -0.2) is 23.9 Å². The SMILES string of the molecule is COc1c(C(C)CO)ccc(O)c1F. The van der Waals surface area contributed by atoms with Gasteiger partial charge in [0.25, 0.3) is 0 Å². The summed E-state index contributed by atoms with van der Waals surface area (Å²) in [5.74, 6) is -1.47. The molecule has 0 aromatic heterocycles. The fraction of sp³-hybridized carbons (Fsp3) is 0.400. The average Bonchev–Trinajstić information content (AvgIpc) is 2.20. The summed E-state index contributed by atoms with van der Waals surface area (Å²) in [5, 5.41) is 18.0. The maximum Gasteiger partial charge on any atom is 0.206 e. The Kier molecular flexibility index (Phi) is 3.30. The van der Waals surface area contributed by atoms with E-state index in [0.717, 1.165) is 0 Å². The largest absolute Gasteiger partial charge is 0.505 e. The van der Waals surface area contributed by atoms with E-state index in [9.17, 15) is 4.39 Å². The van der Waals surface area contributed by atoms with Gasteiger partial charge in [0.2, 0.25) is 5.82 Å². The van der Waals surface area contributed by atoms with Crippen molar-refractivity contribution in [2.24, 2.45) is 0 Å². The van der Waals surface area contributed by atoms with Crippen molar-refractivity contribution < 1.29 is 19.3 Å². The van der Waals surface area contributed by atoms with Gasteiger partial charge in [-0.15, -0.1) is 0 Å². The molecule has 0 fully saturated rings. The first-order valence-electron chi connectivity index (χ1n) is 4.28. The molecular formula is C10H13FO3. The first-order valence-corrected chi connectivity index (χ1v) is 4.28. The number of halogens is 1. The van der Waals surface area contributed by atoms with Gasteiger partial charge >= 0.3 is 0 Å². The van der Waals surface area contributed by atoms with Gasteiger partial charge in [0, 0.05) is 18.1 Å². The van der Waals surface area contributed by atoms with Gasteiger partial charge in [-0.3, -0.25) is 0 Å². The maximum atomic E-state index is 13.3. The van der Waals surface area contributed by atoms with Gasteiger partial charge in [0.15, 0.2) is 11.5 Å². The molecule has 0 aliphatic carbocycles. The van der Waals surface area contributed by atoms with Crippen molar-refractivity contribution in [3.05, 3.63) is 23.5 Å². The molecule has 0 aliphatic heterocycles. The number of methoxy groups -OCH3 is 1. The minimum atomic E-state index is -0.787. The summed E-state index contributed by atoms with van der Waals surface area (Å²) in [7, 11) is 1.32. The van der Waals surface area contributed by atoms with Crippen LogP contribution in [0.3, 0.4) is 0 Å². The molecule has 0 heterocycles. The Labute approximate surface area is 81.8 Å². The van der Waals surface area contributed by atoms with Crippen LogP contribution in [0.15, 0.2) is 12.1 Å². The number of phenolic OH excluding ortho intramolecular Hbond substituents is 1. The Morgan fingerprint density at radius 2 is 2.14 bits per heavy atom. The molecule has 1 aromatic rings. The zero-order valence-corrected chi connectivity index (χ0v) is 8.12. The summed E-state index contributed by atoms with van der Waals surface area (Å²) >= 11 is 0. The number of rotatable bonds is 3. The Morgan fingerprint density at radius 1 is 1.50 bits per heavy atom. The summed E-state index contributed by atoms with van der Waals surface area (Å²) in [4.78, 5) is 0. The first kappa shape index (κ1) is 10.8. The predicted octanol–water partition coefficient (Wildman–Crippen LogP) is 1.64. The van der Waals surface area contributed by atoms with Crippen LogP contribution >= 0.6 is 0 Å². The summed E-state index contributed by atoms with van der Waals surface area (Å²) in [6.45, 7) is 1.65. The summed E-state index contributed by atoms with van der Waals surface area (Å²) < 4.78 is 18.1. The number of ether oxygens (including phenoxy) is 1. The van der Waals surface area contributed by atoms with E-state index in [-0.39, 0.29) is 18.3 Å². The van der Waals surface area contributed by atoms with Gasteiger partial charge in [0.1, 0.15) is 0 Å². The van der Waals surface area contributed by atoms with Gasteiger partial charge in [0.05, 0.1) is 7.11 Å². The highest BCUT2D eigenvalue weighted by Gasteiger charge is 2.17. The lowest BCUT2D eigenvalue weighted by molar-refractivity contribution is 0.268. The van der Waals surface area contributed by atoms with Crippen molar-refractivity contribution in [2.45, 2.75) is 12.8 Å². The predicted molar refractivity (Wildman–Crippen MR) is 50.1 cm³/mol. The van der Waals surface area contributed by atoms with E-state index in [4.69, 9.17) is 14.9 Å². The van der Waals surface area contributed by atoms with Crippen LogP contribution in [0.5, 0.6) is 11.5 Å². The van der Waals surface area contributed by atoms with E-state index in [1.807, 2.05) is 0 Å². The molecule has 0 aliphatic rings. The zero-order valence-electron chi connectivity index (χ0n) is 8.12. The second-order valence-electron chi connectivity index (χ2n) is 3.10. The van der Waals surface area contributed by atoms with E-state index < -0.39 is 11.6 Å². The second-order valence-corrected chi connectivity index (χ2v) is 3.10. The normalized spacial score (nSPS) is 12.6. The molecule has 0 radical (unpaired) electrons. The van der Waals surface area contributed by atoms with Crippen molar-refractivity contribution in [3.8, 4) is 11.5 Å². The lowest BCUT2D eigenvalue weighted by Crippen LogP contribution is -2.03. The molecule has 0 saturated carbocycles. The van der Waals surface area contributed by atoms with Gasteiger partial charge in [-0.2, -0.15) is 4.39 Å². The van der Waals surface area contributed by atoms with Crippen LogP contribution in [0.2, 0.25) is 0 Å². The fourth-order valence-corrected chi connectivity index (χ4v) is 1.25. The molecule has 4 heteroatoms. The Hall–Kier alpha value is -1.29. The molecule has 1 aromatic carbocycles. The molecular weight excluding hydrogens is 187 g/mol. The highest BCUT2D eigenvalue weighted by molar-refractivity contribution is 5.43. The quantitative estimate of drug-likeness (QED) is 0.779. The molecule has 0 saturated heterocycles. The standard InChI is InChI=1S/C10H13FO3/c1-6(5-12)7-3-4-8(13)9(11)10(7)14-2/h3-4,6,12-13H,5H2,1-2H3. The third-order valence-electron chi connectivity index (χ3n) is 2.12. The maximum absolute atomic E-state index is 13.3. The molecule has 0 spiro atoms. The number of aliphatic hydroxyl groups excluding tert-OH is 1. The number of phenols is 1. The number of aromatic hydroxyl groups is 1. The van der Waals surface area contributed by atoms with Crippen LogP contribution in [-0.2, 0) is 0 Å². The fourth-order valence-electron chi connectivity index (χ4n) is 1.25. The molecule has 2 N–H and O–H groups in total. The van der Waals surface area contributed by atoms with Gasteiger partial charge in [-0.05, 0) is 6.07 Å². The third kappa shape index (κ3) is 1.80. The topological polar surface area (TPSA) is 49.7 Å². The molecule has 1 atom stereocenters. The number of aliphatic hydroxyl groups is 1. The Morgan fingerprint density at radius 3 is 2.64 bits per heavy atom. The van der Waals surface area contributed by atoms with Crippen molar-refractivity contribution in [1.82, 2.24) is 0 Å². The zero-order chi connectivity index (χ0) is 10.7. The van der Waals surface area contributed by atoms with Crippen LogP contribution in [0, 0.1) is 5.82 Å². The van der Waals surface area contributed by atoms with Crippen LogP contribution < -0.4 is 4.74 Å². The number of hydrogen-bond acceptors (Lipinski definition) is 3. The van der Waals surface area contributed by atoms with Crippen molar-refractivity contribution in [2.75, 3.05) is 13.7 Å². The second kappa shape index (κ2) is 4.28. The molecule has 3 nitrogen and oxygen atoms in total. The van der Waals surface area contributed by atoms with Gasteiger partial charge < -0.3 is 14.9 Å². The molecule has 0 bridgehead atoms. The highest BCUT2D eigenvalue weighted by atomic mass is 19.1. The molecule has 1 rings (SSSR count). The minimum absolute atomic E-state index is 0.00782. The summed E-state index contributed by atoms with van der Waals surface area (Å²) in [6.07, 6.45) is 0. The van der Waals surface area contributed by atoms with Crippen molar-refractivity contribution >= 4 is 0 Å². The minimum Gasteiger partial charge on any atom is -0.505 e. The van der Waals surface area contributed by atoms with E-state index in [0.29, 0.717) is 5.56 Å². The Balaban J connectivity index is 3.23. The molecule has 78 valence electrons. The molecule has 14 heavy (non-hydrogen) atoms. The van der Waals surface area contributed by atoms with Crippen molar-refractivity contribution in [3.63, 3.8) is 0 Å². The first-order chi connectivity index (χ1) is 6.61. The summed E-state index contributed by atoms with van der Waals surface area (Å²) in [6, 6.07) is 2.79. The van der Waals surface area contributed by atoms with Crippen LogP contribution in [0.25, 0.3) is 0 Å². The molecule has 1 unspecified atom stereocenters. The van der Waals surface area contributed by atoms with E-state index in [1.165, 1.54) is 19.2 Å². The lowest BCUT2D eigenvalue weighted by atomic mass is 10.0. The summed E-state index contributed by atoms with van der Waals surface area (Å²) in [5.41, 5.74) is 0.547. The third-order valence-corrected chi connectivity index (χ3v) is 2.12. The number of hydrogen-bond donors (Lipinski definition) is 2. The van der Waals surface area contributed by atoms with Gasteiger partial charge in [-0.25, -0.2) is 0 Å². The lowest BCUT2D eigenvalue weighted by Gasteiger charge is -2.14. The smallest absolute Gasteiger partial charge is 0.206 e. The van der Waals surface area contributed by atoms with Gasteiger partial charge in [-0.1, -0.05) is 13.0 Å². The Bertz CT molecular complexity index is 325. The van der Waals surface area contributed by atoms with Crippen molar-refractivity contribution in [1.29, 1.82) is 0 Å². The van der Waals surface area contributed by atoms with E-state index in [1.54, 1.807) is 6.92 Å². The molecule has 0 amide bonds. The average molecular weight is 200 g/mol. The highest BCUT2D eigenvalue weighted by Crippen LogP contribution is 2.33. The van der Waals surface area contributed by atoms with Crippen LogP contribution in [0.1, 0.15) is 18.4 Å². The van der Waals surface area contributed by atoms with E-state index >= 15 is 0 Å².